The maximum absolute atomic E-state index is 12.8. The monoisotopic (exact) mass is 683 g/mol. The van der Waals surface area contributed by atoms with Gasteiger partial charge in [-0.05, 0) is 90.0 Å². The standard InChI is InChI=1S/C42H37NO8/c1-42(2,31-9-5-4-6-10-31)32-14-20-34(21-15-32)50-35-22-16-33(17-23-35)43-26-30(25-39(43)45)40(46)49-27-38(44)28-12-18-36(19-13-28)51-41(47)29-8-7-11-37(24-29)48-3/h4-24,30H,25-27H2,1-3H3/t30-/m1/s1. The van der Waals surface area contributed by atoms with E-state index in [1.165, 1.54) is 47.4 Å². The molecule has 51 heavy (non-hydrogen) atoms. The van der Waals surface area contributed by atoms with Gasteiger partial charge in [0.2, 0.25) is 5.91 Å². The number of ketones is 1. The quantitative estimate of drug-likeness (QED) is 0.0745. The number of hydrogen-bond donors (Lipinski definition) is 0. The molecule has 0 unspecified atom stereocenters. The Morgan fingerprint density at radius 2 is 1.33 bits per heavy atom. The van der Waals surface area contributed by atoms with Crippen molar-refractivity contribution < 1.29 is 38.1 Å². The van der Waals surface area contributed by atoms with Gasteiger partial charge in [0.05, 0.1) is 18.6 Å². The molecule has 1 aliphatic heterocycles. The zero-order chi connectivity index (χ0) is 36.0. The number of carbonyl (C=O) groups is 4. The SMILES string of the molecule is COc1cccc(C(=O)Oc2ccc(C(=O)COC(=O)[C@@H]3CC(=O)N(c4ccc(Oc5ccc(C(C)(C)c6ccccc6)cc5)cc4)C3)cc2)c1. The highest BCUT2D eigenvalue weighted by Crippen LogP contribution is 2.34. The van der Waals surface area contributed by atoms with E-state index in [0.717, 1.165) is 0 Å². The number of esters is 2. The van der Waals surface area contributed by atoms with Gasteiger partial charge in [-0.1, -0.05) is 62.4 Å². The second-order valence-corrected chi connectivity index (χ2v) is 12.7. The Hall–Kier alpha value is -6.22. The Balaban J connectivity index is 0.980. The van der Waals surface area contributed by atoms with E-state index in [9.17, 15) is 19.2 Å². The fourth-order valence-corrected chi connectivity index (χ4v) is 5.87. The van der Waals surface area contributed by atoms with Crippen molar-refractivity contribution in [1.29, 1.82) is 0 Å². The molecule has 258 valence electrons. The van der Waals surface area contributed by atoms with E-state index in [0.29, 0.717) is 28.5 Å². The van der Waals surface area contributed by atoms with Gasteiger partial charge in [0.1, 0.15) is 23.0 Å². The van der Waals surface area contributed by atoms with Gasteiger partial charge in [-0.3, -0.25) is 14.4 Å². The molecular formula is C42H37NO8. The average molecular weight is 684 g/mol. The topological polar surface area (TPSA) is 108 Å². The maximum atomic E-state index is 12.8. The van der Waals surface area contributed by atoms with Gasteiger partial charge in [0.15, 0.2) is 12.4 Å². The largest absolute Gasteiger partial charge is 0.497 e. The number of Topliss-reactive ketones (excluding diaryl/α,β-unsaturated/α-hetero) is 1. The van der Waals surface area contributed by atoms with Crippen LogP contribution in [-0.4, -0.2) is 43.9 Å². The fraction of sp³-hybridized carbons (Fsp3) is 0.190. The van der Waals surface area contributed by atoms with Crippen molar-refractivity contribution in [3.8, 4) is 23.0 Å². The molecule has 1 amide bonds. The number of rotatable bonds is 12. The van der Waals surface area contributed by atoms with Crippen molar-refractivity contribution in [2.75, 3.05) is 25.2 Å². The van der Waals surface area contributed by atoms with Crippen LogP contribution in [0.15, 0.2) is 127 Å². The zero-order valence-electron chi connectivity index (χ0n) is 28.5. The van der Waals surface area contributed by atoms with Crippen molar-refractivity contribution in [2.24, 2.45) is 5.92 Å². The smallest absolute Gasteiger partial charge is 0.343 e. The van der Waals surface area contributed by atoms with E-state index in [4.69, 9.17) is 18.9 Å². The number of methoxy groups -OCH3 is 1. The van der Waals surface area contributed by atoms with Crippen molar-refractivity contribution in [3.63, 3.8) is 0 Å². The van der Waals surface area contributed by atoms with Gasteiger partial charge in [-0.15, -0.1) is 0 Å². The molecule has 0 radical (unpaired) electrons. The first-order chi connectivity index (χ1) is 24.6. The van der Waals surface area contributed by atoms with Crippen molar-refractivity contribution in [1.82, 2.24) is 0 Å². The second kappa shape index (κ2) is 15.1. The third-order valence-corrected chi connectivity index (χ3v) is 8.95. The summed E-state index contributed by atoms with van der Waals surface area (Å²) < 4.78 is 21.9. The summed E-state index contributed by atoms with van der Waals surface area (Å²) >= 11 is 0. The van der Waals surface area contributed by atoms with Gasteiger partial charge < -0.3 is 23.8 Å². The molecule has 1 aliphatic rings. The lowest BCUT2D eigenvalue weighted by Gasteiger charge is -2.26. The normalized spacial score (nSPS) is 14.1. The Labute approximate surface area is 296 Å². The first-order valence-electron chi connectivity index (χ1n) is 16.5. The molecule has 5 aromatic carbocycles. The maximum Gasteiger partial charge on any atom is 0.343 e. The molecule has 6 rings (SSSR count). The van der Waals surface area contributed by atoms with Crippen LogP contribution in [0.2, 0.25) is 0 Å². The molecule has 1 heterocycles. The summed E-state index contributed by atoms with van der Waals surface area (Å²) in [6.45, 7) is 4.03. The zero-order valence-corrected chi connectivity index (χ0v) is 28.5. The lowest BCUT2D eigenvalue weighted by Crippen LogP contribution is -2.27. The summed E-state index contributed by atoms with van der Waals surface area (Å²) in [5, 5.41) is 0. The van der Waals surface area contributed by atoms with Crippen LogP contribution < -0.4 is 19.1 Å². The summed E-state index contributed by atoms with van der Waals surface area (Å²) in [5.74, 6) is -0.482. The highest BCUT2D eigenvalue weighted by molar-refractivity contribution is 6.01. The summed E-state index contributed by atoms with van der Waals surface area (Å²) in [6.07, 6.45) is -0.0235. The Morgan fingerprint density at radius 1 is 0.706 bits per heavy atom. The molecule has 0 bridgehead atoms. The first kappa shape index (κ1) is 34.6. The third kappa shape index (κ3) is 8.16. The third-order valence-electron chi connectivity index (χ3n) is 8.95. The van der Waals surface area contributed by atoms with Crippen LogP contribution in [0.4, 0.5) is 5.69 Å². The number of nitrogens with zero attached hydrogens (tertiary/aromatic N) is 1. The summed E-state index contributed by atoms with van der Waals surface area (Å²) in [7, 11) is 1.50. The van der Waals surface area contributed by atoms with Gasteiger partial charge in [0, 0.05) is 29.6 Å². The van der Waals surface area contributed by atoms with E-state index < -0.39 is 30.2 Å². The van der Waals surface area contributed by atoms with Gasteiger partial charge in [0.25, 0.3) is 0 Å². The Morgan fingerprint density at radius 3 is 2.00 bits per heavy atom. The molecule has 5 aromatic rings. The van der Waals surface area contributed by atoms with E-state index in [2.05, 4.69) is 38.1 Å². The molecule has 0 aliphatic carbocycles. The van der Waals surface area contributed by atoms with Crippen LogP contribution in [-0.2, 0) is 19.7 Å². The predicted octanol–water partition coefficient (Wildman–Crippen LogP) is 7.81. The van der Waals surface area contributed by atoms with Gasteiger partial charge in [-0.2, -0.15) is 0 Å². The lowest BCUT2D eigenvalue weighted by molar-refractivity contribution is -0.147. The van der Waals surface area contributed by atoms with E-state index in [-0.39, 0.29) is 35.6 Å². The lowest BCUT2D eigenvalue weighted by atomic mass is 9.78. The van der Waals surface area contributed by atoms with E-state index in [1.54, 1.807) is 48.5 Å². The minimum Gasteiger partial charge on any atom is -0.497 e. The second-order valence-electron chi connectivity index (χ2n) is 12.7. The molecule has 1 atom stereocenters. The molecule has 1 saturated heterocycles. The minimum atomic E-state index is -0.710. The van der Waals surface area contributed by atoms with Crippen LogP contribution >= 0.6 is 0 Å². The minimum absolute atomic E-state index is 0.0235. The summed E-state index contributed by atoms with van der Waals surface area (Å²) in [4.78, 5) is 52.4. The highest BCUT2D eigenvalue weighted by atomic mass is 16.5. The van der Waals surface area contributed by atoms with Crippen LogP contribution in [0.1, 0.15) is 52.1 Å². The van der Waals surface area contributed by atoms with Crippen LogP contribution in [0.25, 0.3) is 0 Å². The van der Waals surface area contributed by atoms with E-state index >= 15 is 0 Å². The highest BCUT2D eigenvalue weighted by Gasteiger charge is 2.36. The molecule has 0 aromatic heterocycles. The first-order valence-corrected chi connectivity index (χ1v) is 16.5. The van der Waals surface area contributed by atoms with Crippen LogP contribution in [0, 0.1) is 5.92 Å². The summed E-state index contributed by atoms with van der Waals surface area (Å²) in [5.41, 5.74) is 3.46. The fourth-order valence-electron chi connectivity index (χ4n) is 5.87. The average Bonchev–Trinajstić information content (AvgIpc) is 3.56. The number of amides is 1. The molecule has 9 heteroatoms. The van der Waals surface area contributed by atoms with Crippen molar-refractivity contribution >= 4 is 29.3 Å². The predicted molar refractivity (Wildman–Crippen MR) is 192 cm³/mol. The number of ether oxygens (including phenoxy) is 4. The molecular weight excluding hydrogens is 646 g/mol. The van der Waals surface area contributed by atoms with Crippen LogP contribution in [0.3, 0.4) is 0 Å². The molecule has 1 fully saturated rings. The number of carbonyl (C=O) groups excluding carboxylic acids is 4. The number of hydrogen-bond acceptors (Lipinski definition) is 8. The van der Waals surface area contributed by atoms with Gasteiger partial charge in [-0.25, -0.2) is 4.79 Å². The Kier molecular flexibility index (Phi) is 10.3. The van der Waals surface area contributed by atoms with Crippen LogP contribution in [0.5, 0.6) is 23.0 Å². The molecule has 9 nitrogen and oxygen atoms in total. The summed E-state index contributed by atoms with van der Waals surface area (Å²) in [6, 6.07) is 38.0. The molecule has 0 N–H and O–H groups in total. The van der Waals surface area contributed by atoms with Gasteiger partial charge >= 0.3 is 11.9 Å². The molecule has 0 saturated carbocycles. The molecule has 0 spiro atoms. The Bertz CT molecular complexity index is 2020. The van der Waals surface area contributed by atoms with E-state index in [1.807, 2.05) is 30.3 Å². The number of anilines is 1. The van der Waals surface area contributed by atoms with Crippen molar-refractivity contribution in [3.05, 3.63) is 150 Å². The number of benzene rings is 5. The van der Waals surface area contributed by atoms with Crippen molar-refractivity contribution in [2.45, 2.75) is 25.7 Å².